The lowest BCUT2D eigenvalue weighted by atomic mass is 9.98. The van der Waals surface area contributed by atoms with Gasteiger partial charge in [-0.1, -0.05) is 12.1 Å². The monoisotopic (exact) mass is 374 g/mol. The van der Waals surface area contributed by atoms with Gasteiger partial charge >= 0.3 is 0 Å². The topological polar surface area (TPSA) is 72.2 Å². The molecule has 6 heteroatoms. The molecule has 1 amide bonds. The van der Waals surface area contributed by atoms with E-state index in [1.54, 1.807) is 24.3 Å². The maximum Gasteiger partial charge on any atom is 0.207 e. The maximum absolute atomic E-state index is 13.4. The minimum Gasteiger partial charge on any atom is -0.459 e. The van der Waals surface area contributed by atoms with Crippen LogP contribution in [0.15, 0.2) is 65.2 Å². The van der Waals surface area contributed by atoms with Crippen LogP contribution in [0.25, 0.3) is 33.4 Å². The number of amides is 1. The molecule has 0 spiro atoms. The normalized spacial score (nSPS) is 10.8. The number of benzene rings is 2. The van der Waals surface area contributed by atoms with Gasteiger partial charge in [-0.05, 0) is 48.0 Å². The second-order valence-electron chi connectivity index (χ2n) is 6.26. The number of hydrogen-bond acceptors (Lipinski definition) is 4. The Morgan fingerprint density at radius 2 is 1.82 bits per heavy atom. The Bertz CT molecular complexity index is 1150. The lowest BCUT2D eigenvalue weighted by Crippen LogP contribution is -2.08. The van der Waals surface area contributed by atoms with Crippen LogP contribution in [0.3, 0.4) is 0 Å². The fourth-order valence-electron chi connectivity index (χ4n) is 3.07. The van der Waals surface area contributed by atoms with Crippen molar-refractivity contribution >= 4 is 23.7 Å². The number of aromatic nitrogens is 1. The lowest BCUT2D eigenvalue weighted by molar-refractivity contribution is -0.109. The van der Waals surface area contributed by atoms with Crippen LogP contribution in [-0.2, 0) is 11.3 Å². The van der Waals surface area contributed by atoms with Gasteiger partial charge in [0.05, 0.1) is 12.2 Å². The van der Waals surface area contributed by atoms with Crippen LogP contribution < -0.4 is 5.32 Å². The second kappa shape index (κ2) is 7.44. The highest BCUT2D eigenvalue weighted by atomic mass is 19.1. The van der Waals surface area contributed by atoms with Crippen molar-refractivity contribution in [2.75, 3.05) is 0 Å². The molecule has 2 aromatic carbocycles. The molecule has 0 saturated carbocycles. The summed E-state index contributed by atoms with van der Waals surface area (Å²) in [6.45, 7) is 0.267. The van der Waals surface area contributed by atoms with Crippen LogP contribution in [0, 0.1) is 5.82 Å². The first-order chi connectivity index (χ1) is 13.7. The van der Waals surface area contributed by atoms with E-state index < -0.39 is 0 Å². The molecule has 1 N–H and O–H groups in total. The summed E-state index contributed by atoms with van der Waals surface area (Å²) >= 11 is 0. The number of pyridine rings is 1. The Kier molecular flexibility index (Phi) is 4.68. The van der Waals surface area contributed by atoms with Gasteiger partial charge in [0.2, 0.25) is 6.41 Å². The number of nitrogens with zero attached hydrogens (tertiary/aromatic N) is 1. The van der Waals surface area contributed by atoms with Crippen molar-refractivity contribution in [3.63, 3.8) is 0 Å². The summed E-state index contributed by atoms with van der Waals surface area (Å²) < 4.78 is 19.3. The van der Waals surface area contributed by atoms with E-state index >= 15 is 0 Å². The molecule has 5 nitrogen and oxygen atoms in total. The Morgan fingerprint density at radius 1 is 1.00 bits per heavy atom. The number of furan rings is 1. The minimum atomic E-state index is -0.322. The zero-order valence-electron chi connectivity index (χ0n) is 14.7. The minimum absolute atomic E-state index is 0.267. The van der Waals surface area contributed by atoms with Crippen LogP contribution in [0.2, 0.25) is 0 Å². The van der Waals surface area contributed by atoms with Crippen LogP contribution in [0.1, 0.15) is 16.1 Å². The summed E-state index contributed by atoms with van der Waals surface area (Å²) in [4.78, 5) is 25.8. The predicted molar refractivity (Wildman–Crippen MR) is 103 cm³/mol. The standard InChI is InChI=1S/C22H15FN2O3/c23-18-4-2-15(3-5-18)20-9-16(21-6-1-14(12-26)10-25-21)7-17-8-19(11-24-13-27)28-22(17)20/h1-10,12-13H,11H2,(H,24,27). The second-order valence-corrected chi connectivity index (χ2v) is 6.26. The molecule has 2 heterocycles. The van der Waals surface area contributed by atoms with Crippen LogP contribution in [-0.4, -0.2) is 17.7 Å². The summed E-state index contributed by atoms with van der Waals surface area (Å²) in [5, 5.41) is 3.42. The van der Waals surface area contributed by atoms with Crippen molar-refractivity contribution < 1.29 is 18.4 Å². The number of carbonyl (C=O) groups excluding carboxylic acids is 2. The molecule has 0 aliphatic heterocycles. The van der Waals surface area contributed by atoms with E-state index in [0.29, 0.717) is 29.0 Å². The molecule has 0 saturated heterocycles. The Hall–Kier alpha value is -3.80. The van der Waals surface area contributed by atoms with E-state index in [1.165, 1.54) is 18.3 Å². The smallest absolute Gasteiger partial charge is 0.207 e. The third kappa shape index (κ3) is 3.40. The zero-order chi connectivity index (χ0) is 19.5. The van der Waals surface area contributed by atoms with Crippen molar-refractivity contribution in [2.24, 2.45) is 0 Å². The van der Waals surface area contributed by atoms with Gasteiger partial charge in [0.15, 0.2) is 6.29 Å². The molecular formula is C22H15FN2O3. The highest BCUT2D eigenvalue weighted by molar-refractivity contribution is 5.96. The van der Waals surface area contributed by atoms with E-state index in [1.807, 2.05) is 18.2 Å². The van der Waals surface area contributed by atoms with Crippen molar-refractivity contribution in [3.8, 4) is 22.4 Å². The Labute approximate surface area is 159 Å². The molecule has 0 bridgehead atoms. The van der Waals surface area contributed by atoms with E-state index in [0.717, 1.165) is 28.4 Å². The van der Waals surface area contributed by atoms with Gasteiger partial charge in [-0.15, -0.1) is 0 Å². The molecule has 0 aliphatic carbocycles. The van der Waals surface area contributed by atoms with Gasteiger partial charge in [-0.2, -0.15) is 0 Å². The fourth-order valence-corrected chi connectivity index (χ4v) is 3.07. The van der Waals surface area contributed by atoms with Crippen molar-refractivity contribution in [2.45, 2.75) is 6.54 Å². The Morgan fingerprint density at radius 3 is 2.50 bits per heavy atom. The number of carbonyl (C=O) groups is 2. The summed E-state index contributed by atoms with van der Waals surface area (Å²) in [6.07, 6.45) is 2.86. The van der Waals surface area contributed by atoms with Crippen molar-refractivity contribution in [1.29, 1.82) is 0 Å². The number of nitrogens with one attached hydrogen (secondary N) is 1. The first kappa shape index (κ1) is 17.6. The number of rotatable bonds is 6. The van der Waals surface area contributed by atoms with Crippen LogP contribution in [0.4, 0.5) is 4.39 Å². The molecule has 2 aromatic heterocycles. The van der Waals surface area contributed by atoms with Crippen LogP contribution >= 0.6 is 0 Å². The number of hydrogen-bond donors (Lipinski definition) is 1. The van der Waals surface area contributed by atoms with E-state index in [-0.39, 0.29) is 12.4 Å². The first-order valence-corrected chi connectivity index (χ1v) is 8.59. The van der Waals surface area contributed by atoms with Crippen LogP contribution in [0.5, 0.6) is 0 Å². The molecule has 0 radical (unpaired) electrons. The zero-order valence-corrected chi connectivity index (χ0v) is 14.7. The fraction of sp³-hybridized carbons (Fsp3) is 0.0455. The summed E-state index contributed by atoms with van der Waals surface area (Å²) in [5.74, 6) is 0.282. The molecule has 4 aromatic rings. The molecular weight excluding hydrogens is 359 g/mol. The third-order valence-electron chi connectivity index (χ3n) is 4.40. The molecule has 0 atom stereocenters. The third-order valence-corrected chi connectivity index (χ3v) is 4.40. The lowest BCUT2D eigenvalue weighted by Gasteiger charge is -2.07. The van der Waals surface area contributed by atoms with E-state index in [2.05, 4.69) is 10.3 Å². The first-order valence-electron chi connectivity index (χ1n) is 8.59. The van der Waals surface area contributed by atoms with E-state index in [4.69, 9.17) is 4.42 Å². The average molecular weight is 374 g/mol. The molecule has 4 rings (SSSR count). The Balaban J connectivity index is 1.89. The SMILES string of the molecule is O=CNCc1cc2cc(-c3ccc(C=O)cn3)cc(-c3ccc(F)cc3)c2o1. The summed E-state index contributed by atoms with van der Waals surface area (Å²) in [5.41, 5.74) is 4.24. The number of aldehydes is 1. The highest BCUT2D eigenvalue weighted by Crippen LogP contribution is 2.35. The quantitative estimate of drug-likeness (QED) is 0.509. The number of halogens is 1. The summed E-state index contributed by atoms with van der Waals surface area (Å²) in [7, 11) is 0. The van der Waals surface area contributed by atoms with Gasteiger partial charge in [0.25, 0.3) is 0 Å². The van der Waals surface area contributed by atoms with Gasteiger partial charge in [0.1, 0.15) is 17.2 Å². The van der Waals surface area contributed by atoms with Crippen molar-refractivity contribution in [1.82, 2.24) is 10.3 Å². The summed E-state index contributed by atoms with van der Waals surface area (Å²) in [6, 6.07) is 15.3. The van der Waals surface area contributed by atoms with Gasteiger partial charge in [0, 0.05) is 28.3 Å². The van der Waals surface area contributed by atoms with Crippen molar-refractivity contribution in [3.05, 3.63) is 77.9 Å². The van der Waals surface area contributed by atoms with Gasteiger partial charge < -0.3 is 9.73 Å². The molecule has 138 valence electrons. The van der Waals surface area contributed by atoms with E-state index in [9.17, 15) is 14.0 Å². The maximum atomic E-state index is 13.4. The molecule has 0 fully saturated rings. The highest BCUT2D eigenvalue weighted by Gasteiger charge is 2.14. The predicted octanol–water partition coefficient (Wildman–Crippen LogP) is 4.36. The van der Waals surface area contributed by atoms with Gasteiger partial charge in [-0.25, -0.2) is 4.39 Å². The number of fused-ring (bicyclic) bond motifs is 1. The molecule has 0 aliphatic rings. The largest absolute Gasteiger partial charge is 0.459 e. The average Bonchev–Trinajstić information content (AvgIpc) is 3.15. The molecule has 28 heavy (non-hydrogen) atoms. The molecule has 0 unspecified atom stereocenters. The van der Waals surface area contributed by atoms with Gasteiger partial charge in [-0.3, -0.25) is 14.6 Å².